The van der Waals surface area contributed by atoms with Gasteiger partial charge >= 0.3 is 0 Å². The van der Waals surface area contributed by atoms with Crippen LogP contribution in [0.5, 0.6) is 0 Å². The number of nitrogens with one attached hydrogen (secondary N) is 1. The van der Waals surface area contributed by atoms with E-state index in [2.05, 4.69) is 12.2 Å². The van der Waals surface area contributed by atoms with Crippen molar-refractivity contribution in [3.8, 4) is 0 Å². The maximum absolute atomic E-state index is 13.2. The minimum atomic E-state index is -0.116. The van der Waals surface area contributed by atoms with Gasteiger partial charge in [-0.2, -0.15) is 0 Å². The molecule has 0 saturated carbocycles. The Morgan fingerprint density at radius 3 is 2.80 bits per heavy atom. The van der Waals surface area contributed by atoms with Crippen LogP contribution >= 0.6 is 23.5 Å². The minimum absolute atomic E-state index is 0.0141. The average Bonchev–Trinajstić information content (AvgIpc) is 3.10. The molecule has 1 aliphatic heterocycles. The summed E-state index contributed by atoms with van der Waals surface area (Å²) in [7, 11) is 0. The fraction of sp³-hybridized carbons (Fsp3) is 0.261. The minimum Gasteiger partial charge on any atom is -0.325 e. The SMILES string of the molecule is Cc1cccc(NC(=O)CSc2nc3c(c(=O)n2Cc2ccccc2)SC(C)C3)c1. The summed E-state index contributed by atoms with van der Waals surface area (Å²) in [5.74, 6) is 0.0748. The van der Waals surface area contributed by atoms with Crippen molar-refractivity contribution in [2.75, 3.05) is 11.1 Å². The lowest BCUT2D eigenvalue weighted by Gasteiger charge is -2.14. The van der Waals surface area contributed by atoms with Crippen LogP contribution < -0.4 is 10.9 Å². The van der Waals surface area contributed by atoms with Gasteiger partial charge in [-0.15, -0.1) is 11.8 Å². The van der Waals surface area contributed by atoms with Gasteiger partial charge in [0, 0.05) is 17.4 Å². The fourth-order valence-corrected chi connectivity index (χ4v) is 5.33. The van der Waals surface area contributed by atoms with Crippen LogP contribution in [-0.4, -0.2) is 26.5 Å². The van der Waals surface area contributed by atoms with E-state index in [9.17, 15) is 9.59 Å². The smallest absolute Gasteiger partial charge is 0.268 e. The Balaban J connectivity index is 1.57. The number of carbonyl (C=O) groups excluding carboxylic acids is 1. The Hall–Kier alpha value is -2.51. The van der Waals surface area contributed by atoms with E-state index in [1.54, 1.807) is 16.3 Å². The summed E-state index contributed by atoms with van der Waals surface area (Å²) in [6.45, 7) is 4.53. The van der Waals surface area contributed by atoms with E-state index in [4.69, 9.17) is 4.98 Å². The molecule has 1 amide bonds. The van der Waals surface area contributed by atoms with E-state index in [1.807, 2.05) is 61.5 Å². The van der Waals surface area contributed by atoms with Gasteiger partial charge in [0.15, 0.2) is 5.16 Å². The van der Waals surface area contributed by atoms with Gasteiger partial charge in [-0.1, -0.05) is 61.2 Å². The zero-order chi connectivity index (χ0) is 21.1. The first-order chi connectivity index (χ1) is 14.5. The first-order valence-corrected chi connectivity index (χ1v) is 11.7. The van der Waals surface area contributed by atoms with Crippen LogP contribution in [0.4, 0.5) is 5.69 Å². The van der Waals surface area contributed by atoms with Crippen LogP contribution in [0.3, 0.4) is 0 Å². The number of hydrogen-bond donors (Lipinski definition) is 1. The van der Waals surface area contributed by atoms with Crippen molar-refractivity contribution in [1.82, 2.24) is 9.55 Å². The molecule has 0 spiro atoms. The third kappa shape index (κ3) is 4.79. The molecule has 1 N–H and O–H groups in total. The third-order valence-electron chi connectivity index (χ3n) is 4.78. The van der Waals surface area contributed by atoms with Gasteiger partial charge in [-0.25, -0.2) is 4.98 Å². The molecule has 4 rings (SSSR count). The lowest BCUT2D eigenvalue weighted by molar-refractivity contribution is -0.113. The van der Waals surface area contributed by atoms with E-state index < -0.39 is 0 Å². The second-order valence-corrected chi connectivity index (χ2v) is 9.78. The van der Waals surface area contributed by atoms with E-state index in [1.165, 1.54) is 11.8 Å². The van der Waals surface area contributed by atoms with Crippen molar-refractivity contribution >= 4 is 35.1 Å². The molecule has 1 aliphatic rings. The maximum atomic E-state index is 13.2. The molecule has 5 nitrogen and oxygen atoms in total. The lowest BCUT2D eigenvalue weighted by Crippen LogP contribution is -2.26. The Kier molecular flexibility index (Phi) is 6.29. The molecular weight excluding hydrogens is 414 g/mol. The Morgan fingerprint density at radius 1 is 1.23 bits per heavy atom. The van der Waals surface area contributed by atoms with Gasteiger partial charge in [-0.05, 0) is 30.2 Å². The molecule has 0 saturated heterocycles. The van der Waals surface area contributed by atoms with Gasteiger partial charge in [0.2, 0.25) is 5.91 Å². The molecule has 154 valence electrons. The van der Waals surface area contributed by atoms with E-state index >= 15 is 0 Å². The lowest BCUT2D eigenvalue weighted by atomic mass is 10.2. The molecule has 30 heavy (non-hydrogen) atoms. The number of fused-ring (bicyclic) bond motifs is 1. The first kappa shape index (κ1) is 20.8. The summed E-state index contributed by atoms with van der Waals surface area (Å²) in [6.07, 6.45) is 0.782. The summed E-state index contributed by atoms with van der Waals surface area (Å²) in [5, 5.41) is 3.85. The van der Waals surface area contributed by atoms with Crippen molar-refractivity contribution in [2.45, 2.75) is 42.1 Å². The van der Waals surface area contributed by atoms with E-state index in [-0.39, 0.29) is 17.2 Å². The van der Waals surface area contributed by atoms with Crippen LogP contribution in [-0.2, 0) is 17.8 Å². The molecule has 1 atom stereocenters. The number of benzene rings is 2. The van der Waals surface area contributed by atoms with E-state index in [0.29, 0.717) is 17.0 Å². The van der Waals surface area contributed by atoms with Crippen LogP contribution in [0.1, 0.15) is 23.7 Å². The molecule has 7 heteroatoms. The van der Waals surface area contributed by atoms with Gasteiger partial charge in [-0.3, -0.25) is 14.2 Å². The molecule has 2 aromatic carbocycles. The summed E-state index contributed by atoms with van der Waals surface area (Å²) >= 11 is 2.90. The van der Waals surface area contributed by atoms with Crippen molar-refractivity contribution in [3.63, 3.8) is 0 Å². The van der Waals surface area contributed by atoms with Crippen molar-refractivity contribution < 1.29 is 4.79 Å². The standard InChI is InChI=1S/C23H23N3O2S2/c1-15-7-6-10-18(11-15)24-20(27)14-29-23-25-19-12-16(2)30-21(19)22(28)26(23)13-17-8-4-3-5-9-17/h3-11,16H,12-14H2,1-2H3,(H,24,27). The zero-order valence-electron chi connectivity index (χ0n) is 16.9. The molecule has 1 unspecified atom stereocenters. The highest BCUT2D eigenvalue weighted by molar-refractivity contribution is 8.00. The summed E-state index contributed by atoms with van der Waals surface area (Å²) in [4.78, 5) is 31.2. The van der Waals surface area contributed by atoms with Crippen molar-refractivity contribution in [3.05, 3.63) is 81.8 Å². The first-order valence-electron chi connectivity index (χ1n) is 9.83. The van der Waals surface area contributed by atoms with Gasteiger partial charge < -0.3 is 5.32 Å². The van der Waals surface area contributed by atoms with Crippen LogP contribution in [0.2, 0.25) is 0 Å². The van der Waals surface area contributed by atoms with Crippen LogP contribution in [0, 0.1) is 6.92 Å². The predicted molar refractivity (Wildman–Crippen MR) is 124 cm³/mol. The largest absolute Gasteiger partial charge is 0.325 e. The zero-order valence-corrected chi connectivity index (χ0v) is 18.6. The summed E-state index contributed by atoms with van der Waals surface area (Å²) in [5.41, 5.74) is 3.73. The van der Waals surface area contributed by atoms with Crippen molar-refractivity contribution in [2.24, 2.45) is 0 Å². The molecule has 2 heterocycles. The average molecular weight is 438 g/mol. The molecule has 0 radical (unpaired) electrons. The fourth-order valence-electron chi connectivity index (χ4n) is 3.40. The molecule has 0 fully saturated rings. The summed E-state index contributed by atoms with van der Waals surface area (Å²) < 4.78 is 1.70. The van der Waals surface area contributed by atoms with Crippen molar-refractivity contribution in [1.29, 1.82) is 0 Å². The number of carbonyl (C=O) groups is 1. The highest BCUT2D eigenvalue weighted by Crippen LogP contribution is 2.34. The van der Waals surface area contributed by atoms with Gasteiger partial charge in [0.05, 0.1) is 22.9 Å². The number of rotatable bonds is 6. The van der Waals surface area contributed by atoms with Gasteiger partial charge in [0.1, 0.15) is 0 Å². The topological polar surface area (TPSA) is 64.0 Å². The highest BCUT2D eigenvalue weighted by Gasteiger charge is 2.26. The monoisotopic (exact) mass is 437 g/mol. The number of aromatic nitrogens is 2. The van der Waals surface area contributed by atoms with Gasteiger partial charge in [0.25, 0.3) is 5.56 Å². The second kappa shape index (κ2) is 9.10. The number of nitrogens with zero attached hydrogens (tertiary/aromatic N) is 2. The number of hydrogen-bond acceptors (Lipinski definition) is 5. The quantitative estimate of drug-likeness (QED) is 0.458. The number of aryl methyl sites for hydroxylation is 1. The van der Waals surface area contributed by atoms with Crippen LogP contribution in [0.15, 0.2) is 69.4 Å². The Morgan fingerprint density at radius 2 is 2.03 bits per heavy atom. The normalized spacial score (nSPS) is 15.1. The molecule has 1 aromatic heterocycles. The van der Waals surface area contributed by atoms with E-state index in [0.717, 1.165) is 33.8 Å². The summed E-state index contributed by atoms with van der Waals surface area (Å²) in [6, 6.07) is 17.6. The number of thioether (sulfide) groups is 2. The predicted octanol–water partition coefficient (Wildman–Crippen LogP) is 4.37. The maximum Gasteiger partial charge on any atom is 0.268 e. The molecule has 3 aromatic rings. The molecular formula is C23H23N3O2S2. The Labute approximate surface area is 184 Å². The van der Waals surface area contributed by atoms with Crippen LogP contribution in [0.25, 0.3) is 0 Å². The molecule has 0 bridgehead atoms. The third-order valence-corrected chi connectivity index (χ3v) is 6.97. The number of anilines is 1. The second-order valence-electron chi connectivity index (χ2n) is 7.39. The Bertz CT molecular complexity index is 1130. The molecule has 0 aliphatic carbocycles. The number of amides is 1. The highest BCUT2D eigenvalue weighted by atomic mass is 32.2.